The Labute approximate surface area is 107 Å². The number of rotatable bonds is 6. The molecule has 0 aromatic heterocycles. The van der Waals surface area contributed by atoms with E-state index < -0.39 is 0 Å². The minimum atomic E-state index is 0.550. The lowest BCUT2D eigenvalue weighted by molar-refractivity contribution is 0.118. The SMILES string of the molecule is CC(C)COCCNc1ccc(C#N)cc1Cl. The monoisotopic (exact) mass is 252 g/mol. The second kappa shape index (κ2) is 7.16. The normalized spacial score (nSPS) is 10.3. The molecule has 92 valence electrons. The van der Waals surface area contributed by atoms with Gasteiger partial charge in [-0.05, 0) is 24.1 Å². The van der Waals surface area contributed by atoms with Crippen LogP contribution >= 0.6 is 11.6 Å². The van der Waals surface area contributed by atoms with Crippen LogP contribution in [0.3, 0.4) is 0 Å². The molecule has 0 radical (unpaired) electrons. The minimum absolute atomic E-state index is 0.550. The van der Waals surface area contributed by atoms with Gasteiger partial charge in [0.05, 0.1) is 28.9 Å². The van der Waals surface area contributed by atoms with Gasteiger partial charge in [-0.3, -0.25) is 0 Å². The van der Waals surface area contributed by atoms with Crippen LogP contribution < -0.4 is 5.32 Å². The molecule has 4 heteroatoms. The second-order valence-electron chi connectivity index (χ2n) is 4.20. The zero-order valence-corrected chi connectivity index (χ0v) is 10.9. The van der Waals surface area contributed by atoms with Gasteiger partial charge in [0.1, 0.15) is 0 Å². The molecule has 1 aromatic rings. The van der Waals surface area contributed by atoms with Crippen molar-refractivity contribution in [3.63, 3.8) is 0 Å². The van der Waals surface area contributed by atoms with E-state index in [1.807, 2.05) is 12.1 Å². The predicted molar refractivity (Wildman–Crippen MR) is 70.3 cm³/mol. The second-order valence-corrected chi connectivity index (χ2v) is 4.61. The highest BCUT2D eigenvalue weighted by atomic mass is 35.5. The number of hydrogen-bond donors (Lipinski definition) is 1. The average molecular weight is 253 g/mol. The van der Waals surface area contributed by atoms with Crippen LogP contribution in [0.5, 0.6) is 0 Å². The molecule has 0 aliphatic carbocycles. The molecule has 0 aliphatic rings. The molecule has 0 saturated heterocycles. The Balaban J connectivity index is 2.35. The Hall–Kier alpha value is -1.24. The molecule has 17 heavy (non-hydrogen) atoms. The molecule has 1 N–H and O–H groups in total. The van der Waals surface area contributed by atoms with Crippen LogP contribution in [0.1, 0.15) is 19.4 Å². The van der Waals surface area contributed by atoms with Gasteiger partial charge in [-0.25, -0.2) is 0 Å². The first-order chi connectivity index (χ1) is 8.13. The van der Waals surface area contributed by atoms with Gasteiger partial charge in [0.15, 0.2) is 0 Å². The fourth-order valence-electron chi connectivity index (χ4n) is 1.30. The summed E-state index contributed by atoms with van der Waals surface area (Å²) in [6.45, 7) is 6.35. The Kier molecular flexibility index (Phi) is 5.82. The third-order valence-electron chi connectivity index (χ3n) is 2.11. The van der Waals surface area contributed by atoms with Gasteiger partial charge in [0.2, 0.25) is 0 Å². The zero-order valence-electron chi connectivity index (χ0n) is 10.2. The predicted octanol–water partition coefficient (Wildman–Crippen LogP) is 3.30. The van der Waals surface area contributed by atoms with Crippen LogP contribution in [0.25, 0.3) is 0 Å². The molecule has 1 rings (SSSR count). The highest BCUT2D eigenvalue weighted by molar-refractivity contribution is 6.33. The van der Waals surface area contributed by atoms with E-state index in [1.54, 1.807) is 12.1 Å². The molecule has 0 aliphatic heterocycles. The third-order valence-corrected chi connectivity index (χ3v) is 2.42. The molecule has 0 saturated carbocycles. The van der Waals surface area contributed by atoms with Crippen molar-refractivity contribution in [2.24, 2.45) is 5.92 Å². The van der Waals surface area contributed by atoms with Crippen molar-refractivity contribution in [1.82, 2.24) is 0 Å². The maximum atomic E-state index is 8.70. The number of halogens is 1. The molecular weight excluding hydrogens is 236 g/mol. The number of benzene rings is 1. The van der Waals surface area contributed by atoms with E-state index in [0.717, 1.165) is 12.3 Å². The fourth-order valence-corrected chi connectivity index (χ4v) is 1.55. The Morgan fingerprint density at radius 2 is 2.24 bits per heavy atom. The summed E-state index contributed by atoms with van der Waals surface area (Å²) in [7, 11) is 0. The van der Waals surface area contributed by atoms with Crippen molar-refractivity contribution in [2.45, 2.75) is 13.8 Å². The highest BCUT2D eigenvalue weighted by Gasteiger charge is 2.01. The third kappa shape index (κ3) is 5.08. The first-order valence-electron chi connectivity index (χ1n) is 5.64. The van der Waals surface area contributed by atoms with E-state index in [-0.39, 0.29) is 0 Å². The molecular formula is C13H17ClN2O. The standard InChI is InChI=1S/C13H17ClN2O/c1-10(2)9-17-6-5-16-13-4-3-11(8-15)7-12(13)14/h3-4,7,10,16H,5-6,9H2,1-2H3. The van der Waals surface area contributed by atoms with Crippen molar-refractivity contribution in [1.29, 1.82) is 5.26 Å². The first kappa shape index (κ1) is 13.8. The van der Waals surface area contributed by atoms with Gasteiger partial charge < -0.3 is 10.1 Å². The summed E-state index contributed by atoms with van der Waals surface area (Å²) in [6, 6.07) is 7.25. The molecule has 0 unspecified atom stereocenters. The Morgan fingerprint density at radius 3 is 2.82 bits per heavy atom. The molecule has 0 fully saturated rings. The van der Waals surface area contributed by atoms with E-state index in [1.165, 1.54) is 0 Å². The van der Waals surface area contributed by atoms with Crippen LogP contribution in [0, 0.1) is 17.2 Å². The van der Waals surface area contributed by atoms with Crippen LogP contribution in [0.2, 0.25) is 5.02 Å². The lowest BCUT2D eigenvalue weighted by Crippen LogP contribution is -2.12. The number of hydrogen-bond acceptors (Lipinski definition) is 3. The topological polar surface area (TPSA) is 45.0 Å². The van der Waals surface area contributed by atoms with Crippen molar-refractivity contribution in [3.8, 4) is 6.07 Å². The number of ether oxygens (including phenoxy) is 1. The molecule has 0 bridgehead atoms. The fraction of sp³-hybridized carbons (Fsp3) is 0.462. The van der Waals surface area contributed by atoms with Crippen LogP contribution in [0.15, 0.2) is 18.2 Å². The number of nitriles is 1. The van der Waals surface area contributed by atoms with Gasteiger partial charge in [0, 0.05) is 13.2 Å². The lowest BCUT2D eigenvalue weighted by atomic mass is 10.2. The summed E-state index contributed by atoms with van der Waals surface area (Å²) in [6.07, 6.45) is 0. The highest BCUT2D eigenvalue weighted by Crippen LogP contribution is 2.22. The van der Waals surface area contributed by atoms with E-state index in [2.05, 4.69) is 19.2 Å². The number of nitrogens with one attached hydrogen (secondary N) is 1. The van der Waals surface area contributed by atoms with E-state index in [4.69, 9.17) is 21.6 Å². The van der Waals surface area contributed by atoms with Gasteiger partial charge in [0.25, 0.3) is 0 Å². The quantitative estimate of drug-likeness (QED) is 0.790. The van der Waals surface area contributed by atoms with E-state index >= 15 is 0 Å². The van der Waals surface area contributed by atoms with Crippen molar-refractivity contribution in [2.75, 3.05) is 25.1 Å². The van der Waals surface area contributed by atoms with Gasteiger partial charge in [-0.1, -0.05) is 25.4 Å². The number of anilines is 1. The van der Waals surface area contributed by atoms with Crippen LogP contribution in [-0.4, -0.2) is 19.8 Å². The van der Waals surface area contributed by atoms with Crippen LogP contribution in [-0.2, 0) is 4.74 Å². The summed E-state index contributed by atoms with van der Waals surface area (Å²) in [5.74, 6) is 0.550. The van der Waals surface area contributed by atoms with E-state index in [9.17, 15) is 0 Å². The minimum Gasteiger partial charge on any atom is -0.382 e. The van der Waals surface area contributed by atoms with Crippen LogP contribution in [0.4, 0.5) is 5.69 Å². The molecule has 0 spiro atoms. The summed E-state index contributed by atoms with van der Waals surface area (Å²) in [5.41, 5.74) is 1.40. The lowest BCUT2D eigenvalue weighted by Gasteiger charge is -2.10. The molecule has 3 nitrogen and oxygen atoms in total. The van der Waals surface area contributed by atoms with Gasteiger partial charge >= 0.3 is 0 Å². The van der Waals surface area contributed by atoms with Gasteiger partial charge in [-0.15, -0.1) is 0 Å². The Bertz CT molecular complexity index is 399. The molecule has 0 atom stereocenters. The molecule has 0 heterocycles. The number of nitrogens with zero attached hydrogens (tertiary/aromatic N) is 1. The summed E-state index contributed by atoms with van der Waals surface area (Å²) in [5, 5.41) is 12.4. The van der Waals surface area contributed by atoms with Crippen molar-refractivity contribution in [3.05, 3.63) is 28.8 Å². The maximum Gasteiger partial charge on any atom is 0.0992 e. The van der Waals surface area contributed by atoms with E-state index in [0.29, 0.717) is 29.7 Å². The average Bonchev–Trinajstić information content (AvgIpc) is 2.30. The smallest absolute Gasteiger partial charge is 0.0992 e. The first-order valence-corrected chi connectivity index (χ1v) is 6.02. The van der Waals surface area contributed by atoms with Gasteiger partial charge in [-0.2, -0.15) is 5.26 Å². The van der Waals surface area contributed by atoms with Crippen molar-refractivity contribution < 1.29 is 4.74 Å². The summed E-state index contributed by atoms with van der Waals surface area (Å²) in [4.78, 5) is 0. The largest absolute Gasteiger partial charge is 0.382 e. The maximum absolute atomic E-state index is 8.70. The van der Waals surface area contributed by atoms with Crippen molar-refractivity contribution >= 4 is 17.3 Å². The molecule has 1 aromatic carbocycles. The Morgan fingerprint density at radius 1 is 1.47 bits per heavy atom. The zero-order chi connectivity index (χ0) is 12.7. The summed E-state index contributed by atoms with van der Waals surface area (Å²) >= 11 is 6.02. The summed E-state index contributed by atoms with van der Waals surface area (Å²) < 4.78 is 5.44. The molecule has 0 amide bonds.